The van der Waals surface area contributed by atoms with E-state index in [1.165, 1.54) is 31.2 Å². The third-order valence-corrected chi connectivity index (χ3v) is 3.87. The zero-order valence-corrected chi connectivity index (χ0v) is 16.3. The van der Waals surface area contributed by atoms with Gasteiger partial charge in [-0.1, -0.05) is 12.1 Å². The molecule has 0 bridgehead atoms. The molecule has 0 radical (unpaired) electrons. The number of hydrogen-bond donors (Lipinski definition) is 7. The van der Waals surface area contributed by atoms with Crippen molar-refractivity contribution >= 4 is 29.6 Å². The summed E-state index contributed by atoms with van der Waals surface area (Å²) < 4.78 is 0. The Morgan fingerprint density at radius 3 is 2.03 bits per heavy atom. The minimum absolute atomic E-state index is 0.00481. The molecule has 164 valence electrons. The fourth-order valence-corrected chi connectivity index (χ4v) is 2.35. The number of carboxylic acids is 1. The van der Waals surface area contributed by atoms with Gasteiger partial charge in [-0.2, -0.15) is 0 Å². The second-order valence-electron chi connectivity index (χ2n) is 6.56. The number of aliphatic carboxylic acids is 1. The van der Waals surface area contributed by atoms with Crippen molar-refractivity contribution in [2.75, 3.05) is 6.54 Å². The molecule has 12 nitrogen and oxygen atoms in total. The molecule has 0 saturated carbocycles. The van der Waals surface area contributed by atoms with Crippen molar-refractivity contribution in [3.8, 4) is 5.75 Å². The van der Waals surface area contributed by atoms with E-state index in [2.05, 4.69) is 16.0 Å². The number of phenols is 1. The summed E-state index contributed by atoms with van der Waals surface area (Å²) in [6.45, 7) is 0.703. The van der Waals surface area contributed by atoms with Gasteiger partial charge >= 0.3 is 5.97 Å². The summed E-state index contributed by atoms with van der Waals surface area (Å²) in [5, 5.41) is 24.9. The topological polar surface area (TPSA) is 214 Å². The summed E-state index contributed by atoms with van der Waals surface area (Å²) >= 11 is 0. The van der Waals surface area contributed by atoms with Crippen molar-refractivity contribution in [2.24, 2.45) is 11.5 Å². The number of benzene rings is 1. The van der Waals surface area contributed by atoms with Crippen LogP contribution in [-0.4, -0.2) is 64.5 Å². The molecule has 30 heavy (non-hydrogen) atoms. The van der Waals surface area contributed by atoms with Crippen molar-refractivity contribution in [1.29, 1.82) is 0 Å². The van der Waals surface area contributed by atoms with Gasteiger partial charge < -0.3 is 37.6 Å². The van der Waals surface area contributed by atoms with Crippen LogP contribution < -0.4 is 27.4 Å². The van der Waals surface area contributed by atoms with E-state index in [-0.39, 0.29) is 12.2 Å². The second-order valence-corrected chi connectivity index (χ2v) is 6.56. The molecule has 1 rings (SSSR count). The molecule has 12 heteroatoms. The standard InChI is InChI=1S/C18H25N5O7/c1-9(19)16(28)22-13(7-14(20)25)18(30)23-12(17(29)21-8-15(26)27)6-10-2-4-11(24)5-3-10/h2-5,9,12-13,24H,6-8,19H2,1H3,(H2,20,25)(H,21,29)(H,22,28)(H,23,30)(H,26,27). The number of aromatic hydroxyl groups is 1. The molecular weight excluding hydrogens is 398 g/mol. The van der Waals surface area contributed by atoms with Gasteiger partial charge in [-0.15, -0.1) is 0 Å². The van der Waals surface area contributed by atoms with Gasteiger partial charge in [0.2, 0.25) is 23.6 Å². The zero-order chi connectivity index (χ0) is 22.8. The molecular formula is C18H25N5O7. The SMILES string of the molecule is CC(N)C(=O)NC(CC(N)=O)C(=O)NC(Cc1ccc(O)cc1)C(=O)NCC(=O)O. The minimum Gasteiger partial charge on any atom is -0.508 e. The Bertz CT molecular complexity index is 795. The predicted molar refractivity (Wildman–Crippen MR) is 104 cm³/mol. The number of carbonyl (C=O) groups is 5. The summed E-state index contributed by atoms with van der Waals surface area (Å²) in [6, 6.07) is 2.21. The van der Waals surface area contributed by atoms with E-state index < -0.39 is 60.7 Å². The molecule has 1 aromatic rings. The number of nitrogens with one attached hydrogen (secondary N) is 3. The molecule has 0 saturated heterocycles. The lowest BCUT2D eigenvalue weighted by Gasteiger charge is -2.23. The van der Waals surface area contributed by atoms with Gasteiger partial charge in [0.15, 0.2) is 0 Å². The summed E-state index contributed by atoms with van der Waals surface area (Å²) in [5.74, 6) is -4.54. The smallest absolute Gasteiger partial charge is 0.322 e. The first kappa shape index (κ1) is 24.4. The van der Waals surface area contributed by atoms with E-state index in [1.807, 2.05) is 0 Å². The molecule has 0 fully saturated rings. The number of amides is 4. The molecule has 0 aliphatic carbocycles. The molecule has 3 atom stereocenters. The molecule has 0 heterocycles. The van der Waals surface area contributed by atoms with Gasteiger partial charge in [0.25, 0.3) is 0 Å². The Balaban J connectivity index is 3.01. The van der Waals surface area contributed by atoms with Gasteiger partial charge in [-0.25, -0.2) is 0 Å². The molecule has 1 aromatic carbocycles. The fraction of sp³-hybridized carbons (Fsp3) is 0.389. The highest BCUT2D eigenvalue weighted by molar-refractivity contribution is 5.95. The Morgan fingerprint density at radius 1 is 0.967 bits per heavy atom. The Morgan fingerprint density at radius 2 is 1.53 bits per heavy atom. The highest BCUT2D eigenvalue weighted by Gasteiger charge is 2.29. The zero-order valence-electron chi connectivity index (χ0n) is 16.3. The Kier molecular flexibility index (Phi) is 9.23. The van der Waals surface area contributed by atoms with Gasteiger partial charge in [0, 0.05) is 6.42 Å². The van der Waals surface area contributed by atoms with Crippen LogP contribution in [0.2, 0.25) is 0 Å². The maximum atomic E-state index is 12.6. The van der Waals surface area contributed by atoms with Crippen LogP contribution in [0.15, 0.2) is 24.3 Å². The molecule has 0 aromatic heterocycles. The summed E-state index contributed by atoms with van der Waals surface area (Å²) in [6.07, 6.45) is -0.588. The number of carbonyl (C=O) groups excluding carboxylic acids is 4. The molecule has 0 spiro atoms. The lowest BCUT2D eigenvalue weighted by Crippen LogP contribution is -2.57. The lowest BCUT2D eigenvalue weighted by atomic mass is 10.0. The summed E-state index contributed by atoms with van der Waals surface area (Å²) in [5.41, 5.74) is 11.1. The predicted octanol–water partition coefficient (Wildman–Crippen LogP) is -2.67. The normalized spacial score (nSPS) is 13.4. The highest BCUT2D eigenvalue weighted by atomic mass is 16.4. The lowest BCUT2D eigenvalue weighted by molar-refractivity contribution is -0.138. The van der Waals surface area contributed by atoms with Crippen LogP contribution in [0.1, 0.15) is 18.9 Å². The summed E-state index contributed by atoms with van der Waals surface area (Å²) in [7, 11) is 0. The van der Waals surface area contributed by atoms with E-state index in [4.69, 9.17) is 16.6 Å². The molecule has 3 unspecified atom stereocenters. The van der Waals surface area contributed by atoms with Crippen molar-refractivity contribution in [3.05, 3.63) is 29.8 Å². The van der Waals surface area contributed by atoms with Crippen molar-refractivity contribution in [2.45, 2.75) is 37.9 Å². The van der Waals surface area contributed by atoms with Crippen LogP contribution in [0.3, 0.4) is 0 Å². The second kappa shape index (κ2) is 11.4. The van der Waals surface area contributed by atoms with E-state index in [1.54, 1.807) is 0 Å². The average molecular weight is 423 g/mol. The largest absolute Gasteiger partial charge is 0.508 e. The van der Waals surface area contributed by atoms with Crippen LogP contribution >= 0.6 is 0 Å². The maximum absolute atomic E-state index is 12.6. The summed E-state index contributed by atoms with van der Waals surface area (Å²) in [4.78, 5) is 58.8. The molecule has 4 amide bonds. The first-order valence-corrected chi connectivity index (χ1v) is 8.91. The Labute approximate surface area is 172 Å². The number of primary amides is 1. The monoisotopic (exact) mass is 423 g/mol. The third kappa shape index (κ3) is 8.56. The number of carboxylic acid groups (broad SMARTS) is 1. The van der Waals surface area contributed by atoms with Gasteiger partial charge in [-0.3, -0.25) is 24.0 Å². The number of nitrogens with two attached hydrogens (primary N) is 2. The molecule has 0 aliphatic rings. The van der Waals surface area contributed by atoms with Crippen molar-refractivity contribution in [1.82, 2.24) is 16.0 Å². The van der Waals surface area contributed by atoms with Crippen LogP contribution in [-0.2, 0) is 30.4 Å². The van der Waals surface area contributed by atoms with Crippen LogP contribution in [0.25, 0.3) is 0 Å². The first-order chi connectivity index (χ1) is 14.0. The van der Waals surface area contributed by atoms with Crippen molar-refractivity contribution < 1.29 is 34.2 Å². The molecule has 9 N–H and O–H groups in total. The van der Waals surface area contributed by atoms with Gasteiger partial charge in [0.05, 0.1) is 12.5 Å². The highest BCUT2D eigenvalue weighted by Crippen LogP contribution is 2.11. The molecule has 0 aliphatic heterocycles. The van der Waals surface area contributed by atoms with Gasteiger partial charge in [0.1, 0.15) is 24.4 Å². The first-order valence-electron chi connectivity index (χ1n) is 8.91. The number of rotatable bonds is 11. The van der Waals surface area contributed by atoms with E-state index >= 15 is 0 Å². The van der Waals surface area contributed by atoms with Crippen LogP contribution in [0.4, 0.5) is 0 Å². The average Bonchev–Trinajstić information content (AvgIpc) is 2.66. The minimum atomic E-state index is -1.38. The maximum Gasteiger partial charge on any atom is 0.322 e. The van der Waals surface area contributed by atoms with E-state index in [9.17, 15) is 29.1 Å². The third-order valence-electron chi connectivity index (χ3n) is 3.87. The number of phenolic OH excluding ortho intramolecular Hbond substituents is 1. The van der Waals surface area contributed by atoms with Crippen molar-refractivity contribution in [3.63, 3.8) is 0 Å². The van der Waals surface area contributed by atoms with Crippen LogP contribution in [0, 0.1) is 0 Å². The van der Waals surface area contributed by atoms with E-state index in [0.717, 1.165) is 0 Å². The Hall–Kier alpha value is -3.67. The fourth-order valence-electron chi connectivity index (χ4n) is 2.35. The van der Waals surface area contributed by atoms with Crippen LogP contribution in [0.5, 0.6) is 5.75 Å². The quantitative estimate of drug-likeness (QED) is 0.199. The number of hydrogen-bond acceptors (Lipinski definition) is 7. The van der Waals surface area contributed by atoms with Gasteiger partial charge in [-0.05, 0) is 24.6 Å². The van der Waals surface area contributed by atoms with E-state index in [0.29, 0.717) is 5.56 Å².